The first kappa shape index (κ1) is 13.8. The third-order valence-corrected chi connectivity index (χ3v) is 3.15. The Kier molecular flexibility index (Phi) is 4.71. The number of hydrogen-bond donors (Lipinski definition) is 2. The molecular formula is C14H17ClN4. The Morgan fingerprint density at radius 2 is 2.05 bits per heavy atom. The van der Waals surface area contributed by atoms with E-state index >= 15 is 0 Å². The average Bonchev–Trinajstić information content (AvgIpc) is 2.41. The van der Waals surface area contributed by atoms with Crippen LogP contribution in [-0.4, -0.2) is 9.97 Å². The lowest BCUT2D eigenvalue weighted by Crippen LogP contribution is -2.12. The van der Waals surface area contributed by atoms with Crippen molar-refractivity contribution in [3.63, 3.8) is 0 Å². The molecule has 0 fully saturated rings. The van der Waals surface area contributed by atoms with Crippen molar-refractivity contribution in [2.75, 3.05) is 5.43 Å². The standard InChI is InChI=1S/C14H17ClN4/c1-2-5-11-9-14(19-16)18-13(17-11)8-10-6-3-4-7-12(10)15/h3-4,6-7,9H,2,5,8,16H2,1H3,(H,17,18,19). The molecule has 1 heterocycles. The molecule has 0 amide bonds. The van der Waals surface area contributed by atoms with Crippen LogP contribution in [-0.2, 0) is 12.8 Å². The predicted molar refractivity (Wildman–Crippen MR) is 78.1 cm³/mol. The van der Waals surface area contributed by atoms with Crippen molar-refractivity contribution in [2.45, 2.75) is 26.2 Å². The van der Waals surface area contributed by atoms with Gasteiger partial charge in [0.2, 0.25) is 0 Å². The van der Waals surface area contributed by atoms with Crippen LogP contribution in [0.2, 0.25) is 5.02 Å². The number of anilines is 1. The Balaban J connectivity index is 2.29. The highest BCUT2D eigenvalue weighted by molar-refractivity contribution is 6.31. The lowest BCUT2D eigenvalue weighted by molar-refractivity contribution is 0.842. The molecule has 0 bridgehead atoms. The molecule has 0 aliphatic carbocycles. The van der Waals surface area contributed by atoms with Crippen molar-refractivity contribution < 1.29 is 0 Å². The van der Waals surface area contributed by atoms with Crippen LogP contribution in [0.4, 0.5) is 5.82 Å². The molecule has 2 rings (SSSR count). The molecule has 0 aliphatic heterocycles. The number of benzene rings is 1. The van der Waals surface area contributed by atoms with E-state index in [1.807, 2.05) is 30.3 Å². The van der Waals surface area contributed by atoms with Gasteiger partial charge in [0.1, 0.15) is 11.6 Å². The van der Waals surface area contributed by atoms with Crippen LogP contribution in [0.3, 0.4) is 0 Å². The number of halogens is 1. The molecule has 0 aliphatic rings. The van der Waals surface area contributed by atoms with E-state index in [-0.39, 0.29) is 0 Å². The largest absolute Gasteiger partial charge is 0.308 e. The minimum atomic E-state index is 0.603. The summed E-state index contributed by atoms with van der Waals surface area (Å²) in [7, 11) is 0. The van der Waals surface area contributed by atoms with E-state index < -0.39 is 0 Å². The number of nitrogen functional groups attached to an aromatic ring is 1. The molecule has 0 atom stereocenters. The monoisotopic (exact) mass is 276 g/mol. The van der Waals surface area contributed by atoms with Crippen molar-refractivity contribution in [3.8, 4) is 0 Å². The first-order valence-electron chi connectivity index (χ1n) is 6.29. The third-order valence-electron chi connectivity index (χ3n) is 2.79. The van der Waals surface area contributed by atoms with Gasteiger partial charge < -0.3 is 5.43 Å². The normalized spacial score (nSPS) is 10.5. The Bertz CT molecular complexity index is 557. The number of hydrogen-bond acceptors (Lipinski definition) is 4. The van der Waals surface area contributed by atoms with E-state index in [0.717, 1.165) is 34.9 Å². The van der Waals surface area contributed by atoms with Gasteiger partial charge in [0.25, 0.3) is 0 Å². The molecule has 0 spiro atoms. The first-order valence-corrected chi connectivity index (χ1v) is 6.67. The van der Waals surface area contributed by atoms with Gasteiger partial charge in [0.15, 0.2) is 0 Å². The summed E-state index contributed by atoms with van der Waals surface area (Å²) in [4.78, 5) is 8.91. The fourth-order valence-corrected chi connectivity index (χ4v) is 2.10. The predicted octanol–water partition coefficient (Wildman–Crippen LogP) is 2.96. The zero-order chi connectivity index (χ0) is 13.7. The Hall–Kier alpha value is -1.65. The SMILES string of the molecule is CCCc1cc(NN)nc(Cc2ccccc2Cl)n1. The summed E-state index contributed by atoms with van der Waals surface area (Å²) in [5, 5.41) is 0.731. The fourth-order valence-electron chi connectivity index (χ4n) is 1.90. The summed E-state index contributed by atoms with van der Waals surface area (Å²) >= 11 is 6.15. The van der Waals surface area contributed by atoms with E-state index in [1.165, 1.54) is 0 Å². The van der Waals surface area contributed by atoms with Crippen LogP contribution in [0.5, 0.6) is 0 Å². The van der Waals surface area contributed by atoms with Gasteiger partial charge in [-0.15, -0.1) is 0 Å². The number of nitrogens with one attached hydrogen (secondary N) is 1. The summed E-state index contributed by atoms with van der Waals surface area (Å²) in [6.45, 7) is 2.12. The van der Waals surface area contributed by atoms with Crippen LogP contribution in [0.25, 0.3) is 0 Å². The van der Waals surface area contributed by atoms with Gasteiger partial charge in [-0.3, -0.25) is 0 Å². The molecule has 5 heteroatoms. The van der Waals surface area contributed by atoms with Crippen molar-refractivity contribution in [3.05, 3.63) is 52.4 Å². The topological polar surface area (TPSA) is 63.8 Å². The van der Waals surface area contributed by atoms with Gasteiger partial charge in [-0.2, -0.15) is 0 Å². The third kappa shape index (κ3) is 3.66. The molecule has 1 aromatic heterocycles. The van der Waals surface area contributed by atoms with Crippen molar-refractivity contribution in [2.24, 2.45) is 5.84 Å². The van der Waals surface area contributed by atoms with Crippen LogP contribution < -0.4 is 11.3 Å². The van der Waals surface area contributed by atoms with Crippen LogP contribution in [0.15, 0.2) is 30.3 Å². The van der Waals surface area contributed by atoms with E-state index in [4.69, 9.17) is 17.4 Å². The molecule has 0 saturated carbocycles. The summed E-state index contributed by atoms with van der Waals surface area (Å²) in [5.41, 5.74) is 4.59. The van der Waals surface area contributed by atoms with Crippen molar-refractivity contribution >= 4 is 17.4 Å². The van der Waals surface area contributed by atoms with Crippen molar-refractivity contribution in [1.82, 2.24) is 9.97 Å². The number of hydrazine groups is 1. The summed E-state index contributed by atoms with van der Waals surface area (Å²) in [6, 6.07) is 9.59. The molecule has 3 N–H and O–H groups in total. The van der Waals surface area contributed by atoms with Gasteiger partial charge in [0, 0.05) is 23.2 Å². The maximum Gasteiger partial charge on any atom is 0.143 e. The molecule has 2 aromatic rings. The highest BCUT2D eigenvalue weighted by atomic mass is 35.5. The molecule has 0 unspecified atom stereocenters. The van der Waals surface area contributed by atoms with Gasteiger partial charge in [-0.25, -0.2) is 15.8 Å². The molecule has 0 saturated heterocycles. The number of aromatic nitrogens is 2. The van der Waals surface area contributed by atoms with Gasteiger partial charge >= 0.3 is 0 Å². The zero-order valence-electron chi connectivity index (χ0n) is 10.9. The smallest absolute Gasteiger partial charge is 0.143 e. The Labute approximate surface area is 118 Å². The van der Waals surface area contributed by atoms with Crippen LogP contribution in [0, 0.1) is 0 Å². The van der Waals surface area contributed by atoms with E-state index in [2.05, 4.69) is 22.3 Å². The number of rotatable bonds is 5. The van der Waals surface area contributed by atoms with E-state index in [1.54, 1.807) is 0 Å². The highest BCUT2D eigenvalue weighted by Gasteiger charge is 2.07. The second-order valence-corrected chi connectivity index (χ2v) is 4.73. The summed E-state index contributed by atoms with van der Waals surface area (Å²) < 4.78 is 0. The second-order valence-electron chi connectivity index (χ2n) is 4.32. The highest BCUT2D eigenvalue weighted by Crippen LogP contribution is 2.18. The van der Waals surface area contributed by atoms with E-state index in [9.17, 15) is 0 Å². The lowest BCUT2D eigenvalue weighted by atomic mass is 10.1. The van der Waals surface area contributed by atoms with E-state index in [0.29, 0.717) is 12.2 Å². The quantitative estimate of drug-likeness (QED) is 0.651. The maximum absolute atomic E-state index is 6.15. The van der Waals surface area contributed by atoms with Crippen LogP contribution in [0.1, 0.15) is 30.4 Å². The maximum atomic E-state index is 6.15. The second kappa shape index (κ2) is 6.50. The zero-order valence-corrected chi connectivity index (χ0v) is 11.6. The van der Waals surface area contributed by atoms with Gasteiger partial charge in [-0.1, -0.05) is 43.1 Å². The fraction of sp³-hybridized carbons (Fsp3) is 0.286. The average molecular weight is 277 g/mol. The number of aryl methyl sites for hydroxylation is 1. The van der Waals surface area contributed by atoms with Gasteiger partial charge in [-0.05, 0) is 18.1 Å². The minimum absolute atomic E-state index is 0.603. The van der Waals surface area contributed by atoms with Gasteiger partial charge in [0.05, 0.1) is 0 Å². The van der Waals surface area contributed by atoms with Crippen molar-refractivity contribution in [1.29, 1.82) is 0 Å². The first-order chi connectivity index (χ1) is 9.22. The Morgan fingerprint density at radius 1 is 1.26 bits per heavy atom. The summed E-state index contributed by atoms with van der Waals surface area (Å²) in [6.07, 6.45) is 2.55. The Morgan fingerprint density at radius 3 is 2.74 bits per heavy atom. The molecule has 19 heavy (non-hydrogen) atoms. The molecule has 1 aromatic carbocycles. The molecule has 100 valence electrons. The molecular weight excluding hydrogens is 260 g/mol. The van der Waals surface area contributed by atoms with Crippen LogP contribution >= 0.6 is 11.6 Å². The number of nitrogens with zero attached hydrogens (tertiary/aromatic N) is 2. The lowest BCUT2D eigenvalue weighted by Gasteiger charge is -2.08. The summed E-state index contributed by atoms with van der Waals surface area (Å²) in [5.74, 6) is 6.81. The molecule has 0 radical (unpaired) electrons. The minimum Gasteiger partial charge on any atom is -0.308 e. The number of nitrogens with two attached hydrogens (primary N) is 1. The molecule has 4 nitrogen and oxygen atoms in total.